The van der Waals surface area contributed by atoms with Gasteiger partial charge in [-0.2, -0.15) is 0 Å². The lowest BCUT2D eigenvalue weighted by molar-refractivity contribution is -0.148. The van der Waals surface area contributed by atoms with Gasteiger partial charge in [-0.3, -0.25) is 9.59 Å². The van der Waals surface area contributed by atoms with E-state index in [9.17, 15) is 9.59 Å². The number of nitrogens with zero attached hydrogens (tertiary/aromatic N) is 1. The smallest absolute Gasteiger partial charge is 0.310 e. The van der Waals surface area contributed by atoms with E-state index < -0.39 is 0 Å². The Hall–Kier alpha value is -2.79. The van der Waals surface area contributed by atoms with Crippen molar-refractivity contribution >= 4 is 33.3 Å². The van der Waals surface area contributed by atoms with Crippen LogP contribution in [0.15, 0.2) is 66.7 Å². The monoisotopic (exact) mass is 377 g/mol. The highest BCUT2D eigenvalue weighted by molar-refractivity contribution is 7.18. The number of fused-ring (bicyclic) bond motifs is 1. The standard InChI is InChI=1S/C22H19NO3S/c24-19(15-8-2-1-3-9-15)14-26-22(25)17-11-5-4-10-16(17)21-23-18-12-6-7-13-20(18)27-21/h1-9,12-13,16-17H,10-11,14H2/t16-,17-/m0/s1. The molecule has 0 N–H and O–H groups in total. The summed E-state index contributed by atoms with van der Waals surface area (Å²) in [6.07, 6.45) is 5.47. The van der Waals surface area contributed by atoms with Crippen molar-refractivity contribution in [1.82, 2.24) is 4.98 Å². The van der Waals surface area contributed by atoms with Crippen LogP contribution in [0.5, 0.6) is 0 Å². The second kappa shape index (κ2) is 7.84. The van der Waals surface area contributed by atoms with Crippen LogP contribution in [0.4, 0.5) is 0 Å². The van der Waals surface area contributed by atoms with E-state index in [1.54, 1.807) is 35.6 Å². The number of benzene rings is 2. The van der Waals surface area contributed by atoms with Crippen molar-refractivity contribution in [2.45, 2.75) is 18.8 Å². The van der Waals surface area contributed by atoms with Crippen molar-refractivity contribution in [3.63, 3.8) is 0 Å². The minimum Gasteiger partial charge on any atom is -0.457 e. The molecule has 2 aromatic carbocycles. The lowest BCUT2D eigenvalue weighted by Crippen LogP contribution is -2.27. The van der Waals surface area contributed by atoms with Gasteiger partial charge in [0.2, 0.25) is 0 Å². The number of hydrogen-bond acceptors (Lipinski definition) is 5. The Morgan fingerprint density at radius 3 is 2.56 bits per heavy atom. The van der Waals surface area contributed by atoms with Crippen molar-refractivity contribution in [2.75, 3.05) is 6.61 Å². The number of carbonyl (C=O) groups excluding carboxylic acids is 2. The number of ketones is 1. The third-order valence-electron chi connectivity index (χ3n) is 4.80. The number of Topliss-reactive ketones (excluding diaryl/α,β-unsaturated/α-hetero) is 1. The largest absolute Gasteiger partial charge is 0.457 e. The molecule has 0 saturated heterocycles. The third kappa shape index (κ3) is 3.83. The van der Waals surface area contributed by atoms with Gasteiger partial charge in [0.1, 0.15) is 0 Å². The molecule has 0 fully saturated rings. The maximum Gasteiger partial charge on any atom is 0.310 e. The third-order valence-corrected chi connectivity index (χ3v) is 5.97. The molecular formula is C22H19NO3S. The van der Waals surface area contributed by atoms with Gasteiger partial charge in [0.05, 0.1) is 21.1 Å². The highest BCUT2D eigenvalue weighted by Gasteiger charge is 2.33. The Labute approximate surface area is 161 Å². The average molecular weight is 377 g/mol. The highest BCUT2D eigenvalue weighted by Crippen LogP contribution is 2.39. The van der Waals surface area contributed by atoms with Crippen molar-refractivity contribution in [3.05, 3.63) is 77.3 Å². The maximum atomic E-state index is 12.7. The Kier molecular flexibility index (Phi) is 5.12. The molecule has 3 aromatic rings. The molecule has 1 aromatic heterocycles. The van der Waals surface area contributed by atoms with Gasteiger partial charge >= 0.3 is 5.97 Å². The summed E-state index contributed by atoms with van der Waals surface area (Å²) < 4.78 is 6.50. The molecule has 1 aliphatic carbocycles. The average Bonchev–Trinajstić information content (AvgIpc) is 3.16. The molecule has 0 aliphatic heterocycles. The summed E-state index contributed by atoms with van der Waals surface area (Å²) in [4.78, 5) is 29.6. The summed E-state index contributed by atoms with van der Waals surface area (Å²) >= 11 is 1.63. The predicted molar refractivity (Wildman–Crippen MR) is 106 cm³/mol. The SMILES string of the molecule is O=C(COC(=O)[C@H]1CC=CC[C@@H]1c1nc2ccccc2s1)c1ccccc1. The molecule has 0 spiro atoms. The number of thiazole rings is 1. The normalized spacial score (nSPS) is 19.1. The number of hydrogen-bond donors (Lipinski definition) is 0. The zero-order valence-electron chi connectivity index (χ0n) is 14.7. The van der Waals surface area contributed by atoms with Crippen LogP contribution in [-0.2, 0) is 9.53 Å². The molecular weight excluding hydrogens is 358 g/mol. The molecule has 0 bridgehead atoms. The molecule has 136 valence electrons. The van der Waals surface area contributed by atoms with Crippen LogP contribution in [-0.4, -0.2) is 23.3 Å². The Morgan fingerprint density at radius 2 is 1.74 bits per heavy atom. The predicted octanol–water partition coefficient (Wildman–Crippen LogP) is 4.77. The number of rotatable bonds is 5. The number of esters is 1. The van der Waals surface area contributed by atoms with Crippen LogP contribution in [0.1, 0.15) is 34.1 Å². The molecule has 2 atom stereocenters. The first-order valence-electron chi connectivity index (χ1n) is 8.98. The van der Waals surface area contributed by atoms with E-state index in [1.807, 2.05) is 36.4 Å². The van der Waals surface area contributed by atoms with Gasteiger partial charge in [-0.05, 0) is 25.0 Å². The van der Waals surface area contributed by atoms with Gasteiger partial charge in [-0.15, -0.1) is 11.3 Å². The zero-order valence-corrected chi connectivity index (χ0v) is 15.5. The molecule has 4 rings (SSSR count). The Morgan fingerprint density at radius 1 is 1.00 bits per heavy atom. The van der Waals surface area contributed by atoms with Crippen molar-refractivity contribution in [3.8, 4) is 0 Å². The molecule has 1 heterocycles. The van der Waals surface area contributed by atoms with Crippen molar-refractivity contribution in [1.29, 1.82) is 0 Å². The first-order valence-corrected chi connectivity index (χ1v) is 9.79. The summed E-state index contributed by atoms with van der Waals surface area (Å²) in [7, 11) is 0. The van der Waals surface area contributed by atoms with Crippen LogP contribution < -0.4 is 0 Å². The first-order chi connectivity index (χ1) is 13.2. The number of ether oxygens (including phenoxy) is 1. The summed E-state index contributed by atoms with van der Waals surface area (Å²) in [5.74, 6) is -0.828. The van der Waals surface area contributed by atoms with Gasteiger partial charge in [0, 0.05) is 11.5 Å². The van der Waals surface area contributed by atoms with E-state index in [4.69, 9.17) is 9.72 Å². The number of para-hydroxylation sites is 1. The fraction of sp³-hybridized carbons (Fsp3) is 0.227. The maximum absolute atomic E-state index is 12.7. The van der Waals surface area contributed by atoms with Crippen molar-refractivity contribution < 1.29 is 14.3 Å². The van der Waals surface area contributed by atoms with Gasteiger partial charge in [-0.25, -0.2) is 4.98 Å². The fourth-order valence-electron chi connectivity index (χ4n) is 3.35. The lowest BCUT2D eigenvalue weighted by Gasteiger charge is -2.25. The van der Waals surface area contributed by atoms with E-state index >= 15 is 0 Å². The minimum atomic E-state index is -0.326. The van der Waals surface area contributed by atoms with Gasteiger partial charge in [0.25, 0.3) is 0 Å². The molecule has 4 nitrogen and oxygen atoms in total. The number of carbonyl (C=O) groups is 2. The number of allylic oxidation sites excluding steroid dienone is 2. The van der Waals surface area contributed by atoms with E-state index in [2.05, 4.69) is 6.08 Å². The summed E-state index contributed by atoms with van der Waals surface area (Å²) in [6.45, 7) is -0.227. The number of aromatic nitrogens is 1. The van der Waals surface area contributed by atoms with Crippen LogP contribution in [0.2, 0.25) is 0 Å². The van der Waals surface area contributed by atoms with Crippen LogP contribution in [0.25, 0.3) is 10.2 Å². The molecule has 0 saturated carbocycles. The lowest BCUT2D eigenvalue weighted by atomic mass is 9.83. The molecule has 0 amide bonds. The van der Waals surface area contributed by atoms with Gasteiger partial charge < -0.3 is 4.74 Å². The van der Waals surface area contributed by atoms with Crippen LogP contribution in [0, 0.1) is 5.92 Å². The van der Waals surface area contributed by atoms with Crippen LogP contribution in [0.3, 0.4) is 0 Å². The molecule has 0 unspecified atom stereocenters. The summed E-state index contributed by atoms with van der Waals surface area (Å²) in [6, 6.07) is 16.9. The molecule has 1 aliphatic rings. The second-order valence-electron chi connectivity index (χ2n) is 6.57. The quantitative estimate of drug-likeness (QED) is 0.365. The minimum absolute atomic E-state index is 0.00766. The van der Waals surface area contributed by atoms with Crippen LogP contribution >= 0.6 is 11.3 Å². The Bertz CT molecular complexity index is 960. The first kappa shape index (κ1) is 17.6. The van der Waals surface area contributed by atoms with E-state index in [0.717, 1.165) is 21.6 Å². The second-order valence-corrected chi connectivity index (χ2v) is 7.63. The van der Waals surface area contributed by atoms with Gasteiger partial charge in [-0.1, -0.05) is 54.6 Å². The summed E-state index contributed by atoms with van der Waals surface area (Å²) in [5, 5.41) is 0.955. The topological polar surface area (TPSA) is 56.3 Å². The molecule has 5 heteroatoms. The zero-order chi connectivity index (χ0) is 18.6. The van der Waals surface area contributed by atoms with E-state index in [-0.39, 0.29) is 30.2 Å². The fourth-order valence-corrected chi connectivity index (χ4v) is 4.49. The highest BCUT2D eigenvalue weighted by atomic mass is 32.1. The van der Waals surface area contributed by atoms with Gasteiger partial charge in [0.15, 0.2) is 12.4 Å². The summed E-state index contributed by atoms with van der Waals surface area (Å²) in [5.41, 5.74) is 1.51. The Balaban J connectivity index is 1.48. The van der Waals surface area contributed by atoms with E-state index in [0.29, 0.717) is 12.0 Å². The van der Waals surface area contributed by atoms with E-state index in [1.165, 1.54) is 0 Å². The molecule has 0 radical (unpaired) electrons. The molecule has 27 heavy (non-hydrogen) atoms. The van der Waals surface area contributed by atoms with Crippen molar-refractivity contribution in [2.24, 2.45) is 5.92 Å².